The van der Waals surface area contributed by atoms with Gasteiger partial charge in [-0.25, -0.2) is 18.1 Å². The lowest BCUT2D eigenvalue weighted by Gasteiger charge is -2.16. The summed E-state index contributed by atoms with van der Waals surface area (Å²) in [4.78, 5) is 16.8. The van der Waals surface area contributed by atoms with Crippen LogP contribution in [0.1, 0.15) is 23.2 Å². The smallest absolute Gasteiger partial charge is 0.257 e. The second kappa shape index (κ2) is 7.64. The molecule has 1 saturated heterocycles. The highest BCUT2D eigenvalue weighted by Gasteiger charge is 2.28. The predicted molar refractivity (Wildman–Crippen MR) is 105 cm³/mol. The van der Waals surface area contributed by atoms with Gasteiger partial charge in [-0.3, -0.25) is 4.79 Å². The Labute approximate surface area is 167 Å². The van der Waals surface area contributed by atoms with E-state index in [1.807, 2.05) is 0 Å². The van der Waals surface area contributed by atoms with Gasteiger partial charge in [-0.1, -0.05) is 0 Å². The van der Waals surface area contributed by atoms with Crippen molar-refractivity contribution < 1.29 is 18.3 Å². The highest BCUT2D eigenvalue weighted by Crippen LogP contribution is 2.29. The second-order valence-electron chi connectivity index (χ2n) is 6.60. The van der Waals surface area contributed by atoms with E-state index < -0.39 is 15.9 Å². The normalized spacial score (nSPS) is 14.8. The van der Waals surface area contributed by atoms with E-state index in [9.17, 15) is 18.3 Å². The average Bonchev–Trinajstić information content (AvgIpc) is 3.44. The van der Waals surface area contributed by atoms with E-state index >= 15 is 0 Å². The molecule has 1 aliphatic heterocycles. The number of phenols is 1. The quantitative estimate of drug-likeness (QED) is 0.618. The molecule has 0 unspecified atom stereocenters. The minimum absolute atomic E-state index is 0.0198. The van der Waals surface area contributed by atoms with Crippen LogP contribution in [0.2, 0.25) is 0 Å². The number of sulfonamides is 1. The lowest BCUT2D eigenvalue weighted by atomic mass is 10.2. The summed E-state index contributed by atoms with van der Waals surface area (Å²) < 4.78 is 28.4. The Morgan fingerprint density at radius 1 is 1.14 bits per heavy atom. The number of nitrogens with one attached hydrogen (secondary N) is 1. The summed E-state index contributed by atoms with van der Waals surface area (Å²) in [6, 6.07) is 8.83. The molecule has 3 heterocycles. The average molecular weight is 413 g/mol. The minimum Gasteiger partial charge on any atom is -0.506 e. The number of hydrogen-bond acceptors (Lipinski definition) is 6. The molecule has 3 aromatic rings. The molecule has 0 aliphatic carbocycles. The van der Waals surface area contributed by atoms with Gasteiger partial charge in [0.15, 0.2) is 5.82 Å². The summed E-state index contributed by atoms with van der Waals surface area (Å²) in [7, 11) is -3.66. The Morgan fingerprint density at radius 3 is 2.59 bits per heavy atom. The van der Waals surface area contributed by atoms with Crippen molar-refractivity contribution in [1.29, 1.82) is 0 Å². The molecule has 0 spiro atoms. The first-order chi connectivity index (χ1) is 13.9. The molecule has 2 aromatic heterocycles. The highest BCUT2D eigenvalue weighted by atomic mass is 32.2. The molecule has 1 aliphatic rings. The summed E-state index contributed by atoms with van der Waals surface area (Å²) in [6.45, 7) is 0.943. The summed E-state index contributed by atoms with van der Waals surface area (Å²) in [5, 5.41) is 16.7. The monoisotopic (exact) mass is 413 g/mol. The van der Waals surface area contributed by atoms with Crippen molar-refractivity contribution in [3.8, 4) is 11.6 Å². The molecule has 1 fully saturated rings. The fourth-order valence-electron chi connectivity index (χ4n) is 3.11. The standard InChI is InChI=1S/C19H19N5O4S/c25-17-6-5-15(29(27,28)23-9-1-2-10-23)12-16(17)22-19(26)14-4-7-18(20-13-14)24-11-3-8-21-24/h3-8,11-13,25H,1-2,9-10H2,(H,22,26). The molecule has 0 bridgehead atoms. The predicted octanol–water partition coefficient (Wildman–Crippen LogP) is 2.01. The summed E-state index contributed by atoms with van der Waals surface area (Å²) in [6.07, 6.45) is 6.37. The number of benzene rings is 1. The Balaban J connectivity index is 1.55. The maximum absolute atomic E-state index is 12.7. The highest BCUT2D eigenvalue weighted by molar-refractivity contribution is 7.89. The first-order valence-electron chi connectivity index (χ1n) is 9.06. The van der Waals surface area contributed by atoms with Crippen LogP contribution in [0.3, 0.4) is 0 Å². The number of hydrogen-bond donors (Lipinski definition) is 2. The Kier molecular flexibility index (Phi) is 5.03. The molecule has 0 atom stereocenters. The summed E-state index contributed by atoms with van der Waals surface area (Å²) >= 11 is 0. The van der Waals surface area contributed by atoms with Crippen molar-refractivity contribution in [2.75, 3.05) is 18.4 Å². The Morgan fingerprint density at radius 2 is 1.93 bits per heavy atom. The molecule has 1 aromatic carbocycles. The van der Waals surface area contributed by atoms with Gasteiger partial charge in [-0.05, 0) is 49.2 Å². The molecule has 10 heteroatoms. The van der Waals surface area contributed by atoms with Crippen LogP contribution >= 0.6 is 0 Å². The third-order valence-corrected chi connectivity index (χ3v) is 6.56. The molecule has 1 amide bonds. The van der Waals surface area contributed by atoms with Crippen molar-refractivity contribution in [2.45, 2.75) is 17.7 Å². The summed E-state index contributed by atoms with van der Waals surface area (Å²) in [5.41, 5.74) is 0.277. The molecule has 9 nitrogen and oxygen atoms in total. The molecule has 150 valence electrons. The molecule has 2 N–H and O–H groups in total. The van der Waals surface area contributed by atoms with E-state index in [1.165, 1.54) is 28.7 Å². The number of phenolic OH excluding ortho intramolecular Hbond substituents is 1. The van der Waals surface area contributed by atoms with Crippen molar-refractivity contribution in [3.05, 3.63) is 60.6 Å². The van der Waals surface area contributed by atoms with Gasteiger partial charge in [0.05, 0.1) is 16.1 Å². The van der Waals surface area contributed by atoms with Gasteiger partial charge >= 0.3 is 0 Å². The topological polar surface area (TPSA) is 117 Å². The lowest BCUT2D eigenvalue weighted by Crippen LogP contribution is -2.28. The van der Waals surface area contributed by atoms with Gasteiger partial charge in [0.25, 0.3) is 5.91 Å². The molecule has 29 heavy (non-hydrogen) atoms. The number of pyridine rings is 1. The van der Waals surface area contributed by atoms with Gasteiger partial charge in [0, 0.05) is 31.7 Å². The fourth-order valence-corrected chi connectivity index (χ4v) is 4.65. The van der Waals surface area contributed by atoms with Crippen molar-refractivity contribution in [3.63, 3.8) is 0 Å². The number of anilines is 1. The Bertz CT molecular complexity index is 1120. The SMILES string of the molecule is O=C(Nc1cc(S(=O)(=O)N2CCCC2)ccc1O)c1ccc(-n2cccn2)nc1. The van der Waals surface area contributed by atoms with Gasteiger partial charge in [0.2, 0.25) is 10.0 Å². The molecule has 0 saturated carbocycles. The van der Waals surface area contributed by atoms with Crippen molar-refractivity contribution in [2.24, 2.45) is 0 Å². The molecule has 4 rings (SSSR count). The number of aromatic nitrogens is 3. The number of aromatic hydroxyl groups is 1. The zero-order valence-corrected chi connectivity index (χ0v) is 16.2. The number of carbonyl (C=O) groups is 1. The van der Waals surface area contributed by atoms with E-state index in [1.54, 1.807) is 35.3 Å². The van der Waals surface area contributed by atoms with Gasteiger partial charge < -0.3 is 10.4 Å². The lowest BCUT2D eigenvalue weighted by molar-refractivity contribution is 0.102. The van der Waals surface area contributed by atoms with E-state index in [0.29, 0.717) is 18.9 Å². The Hall–Kier alpha value is -3.24. The number of nitrogens with zero attached hydrogens (tertiary/aromatic N) is 4. The van der Waals surface area contributed by atoms with Crippen LogP contribution in [0.4, 0.5) is 5.69 Å². The van der Waals surface area contributed by atoms with Crippen LogP contribution in [0, 0.1) is 0 Å². The summed E-state index contributed by atoms with van der Waals surface area (Å²) in [5.74, 6) is -0.191. The second-order valence-corrected chi connectivity index (χ2v) is 8.54. The molecular formula is C19H19N5O4S. The largest absolute Gasteiger partial charge is 0.506 e. The van der Waals surface area contributed by atoms with Crippen LogP contribution in [0.15, 0.2) is 59.9 Å². The van der Waals surface area contributed by atoms with E-state index in [4.69, 9.17) is 0 Å². The molecular weight excluding hydrogens is 394 g/mol. The van der Waals surface area contributed by atoms with E-state index in [2.05, 4.69) is 15.4 Å². The maximum atomic E-state index is 12.7. The van der Waals surface area contributed by atoms with Crippen LogP contribution in [-0.4, -0.2) is 51.6 Å². The zero-order chi connectivity index (χ0) is 20.4. The first-order valence-corrected chi connectivity index (χ1v) is 10.5. The number of carbonyl (C=O) groups excluding carboxylic acids is 1. The van der Waals surface area contributed by atoms with Crippen LogP contribution in [0.5, 0.6) is 5.75 Å². The van der Waals surface area contributed by atoms with Crippen LogP contribution in [-0.2, 0) is 10.0 Å². The van der Waals surface area contributed by atoms with Gasteiger partial charge in [-0.2, -0.15) is 9.40 Å². The number of rotatable bonds is 5. The van der Waals surface area contributed by atoms with E-state index in [0.717, 1.165) is 12.8 Å². The fraction of sp³-hybridized carbons (Fsp3) is 0.211. The molecule has 0 radical (unpaired) electrons. The van der Waals surface area contributed by atoms with Gasteiger partial charge in [-0.15, -0.1) is 0 Å². The number of amides is 1. The van der Waals surface area contributed by atoms with Crippen molar-refractivity contribution in [1.82, 2.24) is 19.1 Å². The van der Waals surface area contributed by atoms with Gasteiger partial charge in [0.1, 0.15) is 5.75 Å². The first kappa shape index (κ1) is 19.1. The van der Waals surface area contributed by atoms with Crippen molar-refractivity contribution >= 4 is 21.6 Å². The minimum atomic E-state index is -3.66. The maximum Gasteiger partial charge on any atom is 0.257 e. The van der Waals surface area contributed by atoms with E-state index in [-0.39, 0.29) is 21.9 Å². The van der Waals surface area contributed by atoms with Crippen LogP contribution < -0.4 is 5.32 Å². The third kappa shape index (κ3) is 3.84. The zero-order valence-electron chi connectivity index (χ0n) is 15.4. The van der Waals surface area contributed by atoms with Crippen LogP contribution in [0.25, 0.3) is 5.82 Å². The third-order valence-electron chi connectivity index (χ3n) is 4.67.